The highest BCUT2D eigenvalue weighted by Crippen LogP contribution is 2.47. The molecule has 2 atom stereocenters. The van der Waals surface area contributed by atoms with Crippen molar-refractivity contribution in [2.24, 2.45) is 11.0 Å². The van der Waals surface area contributed by atoms with Crippen LogP contribution >= 0.6 is 27.3 Å². The van der Waals surface area contributed by atoms with E-state index in [4.69, 9.17) is 10.1 Å². The molecule has 0 spiro atoms. The van der Waals surface area contributed by atoms with Gasteiger partial charge in [0.15, 0.2) is 0 Å². The molecule has 0 unspecified atom stereocenters. The molecule has 1 saturated carbocycles. The quantitative estimate of drug-likeness (QED) is 0.267. The molecule has 6 rings (SSSR count). The molecule has 2 heterocycles. The van der Waals surface area contributed by atoms with Gasteiger partial charge in [-0.25, -0.2) is 9.99 Å². The Morgan fingerprint density at radius 1 is 0.912 bits per heavy atom. The molecule has 4 aromatic rings. The van der Waals surface area contributed by atoms with Gasteiger partial charge in [-0.05, 0) is 54.2 Å². The van der Waals surface area contributed by atoms with Gasteiger partial charge in [-0.2, -0.15) is 5.10 Å². The normalized spacial score (nSPS) is 20.9. The fourth-order valence-electron chi connectivity index (χ4n) is 5.01. The first kappa shape index (κ1) is 21.5. The summed E-state index contributed by atoms with van der Waals surface area (Å²) in [6.07, 6.45) is 5.72. The number of hydrazone groups is 1. The summed E-state index contributed by atoms with van der Waals surface area (Å²) in [4.78, 5) is 5.04. The number of halogens is 1. The van der Waals surface area contributed by atoms with Gasteiger partial charge in [0.1, 0.15) is 0 Å². The Morgan fingerprint density at radius 3 is 2.41 bits per heavy atom. The molecule has 5 heteroatoms. The standard InChI is InChI=1S/C29H24BrN3S/c30-24-16-14-21(15-17-24)26-19-34-29(31-26)33-28(22-10-5-2-6-11-22)25-13-7-12-23(27(25)32-33)18-20-8-3-1-4-9-20/h1-6,8-11,14-19,25,28H,7,12-13H2/b23-18+/t25-,28-/m1/s1. The third-order valence-corrected chi connectivity index (χ3v) is 7.97. The monoisotopic (exact) mass is 525 g/mol. The van der Waals surface area contributed by atoms with Gasteiger partial charge < -0.3 is 0 Å². The van der Waals surface area contributed by atoms with Crippen LogP contribution in [-0.2, 0) is 0 Å². The zero-order valence-corrected chi connectivity index (χ0v) is 21.0. The van der Waals surface area contributed by atoms with E-state index < -0.39 is 0 Å². The first-order valence-corrected chi connectivity index (χ1v) is 13.3. The van der Waals surface area contributed by atoms with Gasteiger partial charge >= 0.3 is 0 Å². The maximum absolute atomic E-state index is 5.26. The van der Waals surface area contributed by atoms with E-state index >= 15 is 0 Å². The van der Waals surface area contributed by atoms with E-state index in [1.54, 1.807) is 11.3 Å². The average Bonchev–Trinajstić information content (AvgIpc) is 3.51. The molecule has 1 fully saturated rings. The number of hydrogen-bond acceptors (Lipinski definition) is 4. The second-order valence-electron chi connectivity index (χ2n) is 8.79. The number of nitrogens with zero attached hydrogens (tertiary/aromatic N) is 3. The number of benzene rings is 3. The Kier molecular flexibility index (Phi) is 5.90. The number of rotatable bonds is 4. The minimum absolute atomic E-state index is 0.166. The lowest BCUT2D eigenvalue weighted by Gasteiger charge is -2.29. The Hall–Kier alpha value is -3.02. The summed E-state index contributed by atoms with van der Waals surface area (Å²) < 4.78 is 1.07. The largest absolute Gasteiger partial charge is 0.231 e. The molecule has 1 aromatic heterocycles. The van der Waals surface area contributed by atoms with E-state index in [1.165, 1.54) is 28.8 Å². The van der Waals surface area contributed by atoms with Gasteiger partial charge in [-0.1, -0.05) is 88.7 Å². The van der Waals surface area contributed by atoms with Crippen LogP contribution in [0, 0.1) is 5.92 Å². The third-order valence-electron chi connectivity index (χ3n) is 6.61. The van der Waals surface area contributed by atoms with Crippen LogP contribution < -0.4 is 5.01 Å². The molecule has 0 N–H and O–H groups in total. The van der Waals surface area contributed by atoms with E-state index in [0.29, 0.717) is 5.92 Å². The van der Waals surface area contributed by atoms with Gasteiger partial charge in [0.05, 0.1) is 17.4 Å². The zero-order valence-electron chi connectivity index (χ0n) is 18.6. The van der Waals surface area contributed by atoms with Crippen molar-refractivity contribution in [1.82, 2.24) is 4.98 Å². The highest BCUT2D eigenvalue weighted by atomic mass is 79.9. The number of hydrogen-bond donors (Lipinski definition) is 0. The molecule has 3 aromatic carbocycles. The SMILES string of the molecule is Brc1ccc(-c2csc(N3N=C4/C(=C/c5ccccc5)CCC[C@H]4[C@H]3c3ccccc3)n2)cc1. The van der Waals surface area contributed by atoms with Gasteiger partial charge in [0.2, 0.25) is 5.13 Å². The molecule has 0 radical (unpaired) electrons. The van der Waals surface area contributed by atoms with Crippen LogP contribution in [0.3, 0.4) is 0 Å². The Bertz CT molecular complexity index is 1340. The van der Waals surface area contributed by atoms with E-state index in [-0.39, 0.29) is 6.04 Å². The number of thiazole rings is 1. The van der Waals surface area contributed by atoms with Crippen LogP contribution in [0.5, 0.6) is 0 Å². The number of allylic oxidation sites excluding steroid dienone is 1. The van der Waals surface area contributed by atoms with Crippen molar-refractivity contribution in [3.63, 3.8) is 0 Å². The lowest BCUT2D eigenvalue weighted by molar-refractivity contribution is 0.487. The molecule has 168 valence electrons. The Morgan fingerprint density at radius 2 is 1.65 bits per heavy atom. The first-order chi connectivity index (χ1) is 16.8. The minimum Gasteiger partial charge on any atom is -0.231 e. The summed E-state index contributed by atoms with van der Waals surface area (Å²) in [6.45, 7) is 0. The van der Waals surface area contributed by atoms with Gasteiger partial charge in [-0.3, -0.25) is 0 Å². The highest BCUT2D eigenvalue weighted by molar-refractivity contribution is 9.10. The fraction of sp³-hybridized carbons (Fsp3) is 0.172. The maximum atomic E-state index is 5.26. The summed E-state index contributed by atoms with van der Waals surface area (Å²) in [5.74, 6) is 0.367. The summed E-state index contributed by atoms with van der Waals surface area (Å²) in [5, 5.41) is 10.5. The molecule has 1 aliphatic heterocycles. The predicted molar refractivity (Wildman–Crippen MR) is 146 cm³/mol. The first-order valence-electron chi connectivity index (χ1n) is 11.7. The number of anilines is 1. The predicted octanol–water partition coefficient (Wildman–Crippen LogP) is 8.37. The molecule has 0 saturated heterocycles. The third kappa shape index (κ3) is 4.15. The smallest absolute Gasteiger partial charge is 0.207 e. The zero-order chi connectivity index (χ0) is 22.9. The van der Waals surface area contributed by atoms with Crippen LogP contribution in [0.15, 0.2) is 105 Å². The van der Waals surface area contributed by atoms with Crippen LogP contribution in [0.1, 0.15) is 36.4 Å². The highest BCUT2D eigenvalue weighted by Gasteiger charge is 2.42. The molecular formula is C29H24BrN3S. The lowest BCUT2D eigenvalue weighted by Crippen LogP contribution is -2.28. The van der Waals surface area contributed by atoms with E-state index in [0.717, 1.165) is 33.7 Å². The Balaban J connectivity index is 1.42. The summed E-state index contributed by atoms with van der Waals surface area (Å²) >= 11 is 5.20. The second-order valence-corrected chi connectivity index (χ2v) is 10.5. The van der Waals surface area contributed by atoms with Gasteiger partial charge in [0, 0.05) is 21.3 Å². The molecule has 34 heavy (non-hydrogen) atoms. The van der Waals surface area contributed by atoms with E-state index in [2.05, 4.69) is 117 Å². The fourth-order valence-corrected chi connectivity index (χ4v) is 6.10. The lowest BCUT2D eigenvalue weighted by atomic mass is 9.77. The van der Waals surface area contributed by atoms with Crippen LogP contribution in [0.2, 0.25) is 0 Å². The second kappa shape index (κ2) is 9.32. The summed E-state index contributed by atoms with van der Waals surface area (Å²) in [6, 6.07) is 29.9. The summed E-state index contributed by atoms with van der Waals surface area (Å²) in [5.41, 5.74) is 7.24. The van der Waals surface area contributed by atoms with Crippen molar-refractivity contribution in [3.8, 4) is 11.3 Å². The Labute approximate surface area is 212 Å². The van der Waals surface area contributed by atoms with Crippen molar-refractivity contribution in [2.75, 3.05) is 5.01 Å². The van der Waals surface area contributed by atoms with Crippen LogP contribution in [0.4, 0.5) is 5.13 Å². The van der Waals surface area contributed by atoms with E-state index in [1.807, 2.05) is 0 Å². The molecule has 0 bridgehead atoms. The van der Waals surface area contributed by atoms with Gasteiger partial charge in [0.25, 0.3) is 0 Å². The van der Waals surface area contributed by atoms with E-state index in [9.17, 15) is 0 Å². The molecule has 0 amide bonds. The number of aromatic nitrogens is 1. The minimum atomic E-state index is 0.166. The van der Waals surface area contributed by atoms with Crippen LogP contribution in [0.25, 0.3) is 17.3 Å². The van der Waals surface area contributed by atoms with Crippen LogP contribution in [-0.4, -0.2) is 10.7 Å². The van der Waals surface area contributed by atoms with Crippen molar-refractivity contribution in [1.29, 1.82) is 0 Å². The van der Waals surface area contributed by atoms with Gasteiger partial charge in [-0.15, -0.1) is 11.3 Å². The summed E-state index contributed by atoms with van der Waals surface area (Å²) in [7, 11) is 0. The van der Waals surface area contributed by atoms with Crippen molar-refractivity contribution >= 4 is 44.2 Å². The van der Waals surface area contributed by atoms with Crippen molar-refractivity contribution in [2.45, 2.75) is 25.3 Å². The number of fused-ring (bicyclic) bond motifs is 1. The molecular weight excluding hydrogens is 502 g/mol. The molecule has 1 aliphatic carbocycles. The van der Waals surface area contributed by atoms with Crippen molar-refractivity contribution < 1.29 is 0 Å². The molecule has 2 aliphatic rings. The molecule has 3 nitrogen and oxygen atoms in total. The maximum Gasteiger partial charge on any atom is 0.207 e. The topological polar surface area (TPSA) is 28.5 Å². The van der Waals surface area contributed by atoms with Crippen molar-refractivity contribution in [3.05, 3.63) is 111 Å². The average molecular weight is 527 g/mol.